The Bertz CT molecular complexity index is 1360. The van der Waals surface area contributed by atoms with Crippen molar-refractivity contribution in [1.29, 1.82) is 0 Å². The number of rotatable bonds is 6. The van der Waals surface area contributed by atoms with Gasteiger partial charge in [-0.15, -0.1) is 0 Å². The van der Waals surface area contributed by atoms with Crippen molar-refractivity contribution in [3.8, 4) is 11.6 Å². The first-order valence-corrected chi connectivity index (χ1v) is 10.5. The topological polar surface area (TPSA) is 94.0 Å². The highest BCUT2D eigenvalue weighted by Gasteiger charge is 2.30. The van der Waals surface area contributed by atoms with Crippen LogP contribution in [-0.2, 0) is 18.0 Å². The normalized spacial score (nSPS) is 13.6. The minimum absolute atomic E-state index is 0.0521. The first-order chi connectivity index (χ1) is 16.3. The lowest BCUT2D eigenvalue weighted by Crippen LogP contribution is -2.14. The number of anilines is 3. The fourth-order valence-electron chi connectivity index (χ4n) is 3.38. The highest BCUT2D eigenvalue weighted by Crippen LogP contribution is 2.32. The number of hydrogen-bond donors (Lipinski definition) is 2. The number of hydrogen-bond acceptors (Lipinski definition) is 6. The Kier molecular flexibility index (Phi) is 5.31. The predicted octanol–water partition coefficient (Wildman–Crippen LogP) is 5.27. The number of aromatic nitrogens is 4. The van der Waals surface area contributed by atoms with Gasteiger partial charge in [0.15, 0.2) is 0 Å². The number of alkyl halides is 3. The number of benzene rings is 2. The second-order valence-corrected chi connectivity index (χ2v) is 7.95. The third kappa shape index (κ3) is 4.63. The van der Waals surface area contributed by atoms with E-state index in [2.05, 4.69) is 25.6 Å². The number of carbonyl (C=O) groups is 1. The molecule has 2 heterocycles. The van der Waals surface area contributed by atoms with E-state index >= 15 is 0 Å². The quantitative estimate of drug-likeness (QED) is 0.401. The van der Waals surface area contributed by atoms with Crippen LogP contribution in [0.3, 0.4) is 0 Å². The van der Waals surface area contributed by atoms with E-state index in [-0.39, 0.29) is 17.7 Å². The average molecular weight is 468 g/mol. The second-order valence-electron chi connectivity index (χ2n) is 7.95. The summed E-state index contributed by atoms with van der Waals surface area (Å²) in [5.41, 5.74) is 1.17. The van der Waals surface area contributed by atoms with Gasteiger partial charge in [-0.1, -0.05) is 0 Å². The highest BCUT2D eigenvalue weighted by atomic mass is 19.4. The summed E-state index contributed by atoms with van der Waals surface area (Å²) in [4.78, 5) is 24.6. The van der Waals surface area contributed by atoms with Crippen LogP contribution >= 0.6 is 0 Å². The lowest BCUT2D eigenvalue weighted by Gasteiger charge is -2.09. The average Bonchev–Trinajstić information content (AvgIpc) is 3.60. The van der Waals surface area contributed by atoms with Gasteiger partial charge in [0.2, 0.25) is 17.7 Å². The first kappa shape index (κ1) is 21.7. The standard InChI is InChI=1S/C23H19F3N6O2/c1-32-18-9-8-16(34-20-11-19(27-12-28-20)31-21(33)13-2-3-13)10-17(18)30-22(32)29-15-6-4-14(5-7-15)23(24,25)26/h4-13H,2-3H2,1H3,(H,29,30)(H,27,28,31,33). The predicted molar refractivity (Wildman–Crippen MR) is 119 cm³/mol. The molecular weight excluding hydrogens is 449 g/mol. The molecule has 0 saturated heterocycles. The molecule has 1 saturated carbocycles. The molecule has 0 spiro atoms. The van der Waals surface area contributed by atoms with Gasteiger partial charge < -0.3 is 19.9 Å². The van der Waals surface area contributed by atoms with E-state index in [9.17, 15) is 18.0 Å². The molecule has 0 aliphatic heterocycles. The van der Waals surface area contributed by atoms with Crippen molar-refractivity contribution in [3.05, 3.63) is 60.4 Å². The molecule has 1 amide bonds. The molecule has 0 unspecified atom stereocenters. The maximum atomic E-state index is 12.8. The van der Waals surface area contributed by atoms with Crippen molar-refractivity contribution in [2.24, 2.45) is 13.0 Å². The Labute approximate surface area is 191 Å². The van der Waals surface area contributed by atoms with Crippen molar-refractivity contribution in [1.82, 2.24) is 19.5 Å². The summed E-state index contributed by atoms with van der Waals surface area (Å²) in [6.07, 6.45) is -1.30. The van der Waals surface area contributed by atoms with Crippen molar-refractivity contribution in [3.63, 3.8) is 0 Å². The number of aryl methyl sites for hydroxylation is 1. The van der Waals surface area contributed by atoms with Gasteiger partial charge in [-0.3, -0.25) is 4.79 Å². The third-order valence-electron chi connectivity index (χ3n) is 5.38. The van der Waals surface area contributed by atoms with E-state index in [4.69, 9.17) is 4.74 Å². The summed E-state index contributed by atoms with van der Waals surface area (Å²) in [6.45, 7) is 0. The molecule has 0 atom stereocenters. The van der Waals surface area contributed by atoms with Crippen molar-refractivity contribution < 1.29 is 22.7 Å². The van der Waals surface area contributed by atoms with Gasteiger partial charge in [-0.25, -0.2) is 15.0 Å². The molecular formula is C23H19F3N6O2. The van der Waals surface area contributed by atoms with Crippen LogP contribution in [0.5, 0.6) is 11.6 Å². The van der Waals surface area contributed by atoms with Gasteiger partial charge in [0.1, 0.15) is 17.9 Å². The van der Waals surface area contributed by atoms with E-state index in [1.807, 2.05) is 6.07 Å². The van der Waals surface area contributed by atoms with Crippen LogP contribution in [0.2, 0.25) is 0 Å². The molecule has 0 bridgehead atoms. The minimum atomic E-state index is -4.39. The van der Waals surface area contributed by atoms with Crippen molar-refractivity contribution in [2.75, 3.05) is 10.6 Å². The number of amides is 1. The zero-order valence-electron chi connectivity index (χ0n) is 17.9. The van der Waals surface area contributed by atoms with Gasteiger partial charge in [0.25, 0.3) is 0 Å². The van der Waals surface area contributed by atoms with Crippen LogP contribution in [-0.4, -0.2) is 25.4 Å². The summed E-state index contributed by atoms with van der Waals surface area (Å²) in [5, 5.41) is 5.78. The number of halogens is 3. The van der Waals surface area contributed by atoms with Gasteiger partial charge in [0, 0.05) is 30.8 Å². The van der Waals surface area contributed by atoms with E-state index < -0.39 is 11.7 Å². The van der Waals surface area contributed by atoms with Crippen LogP contribution in [0.1, 0.15) is 18.4 Å². The SMILES string of the molecule is Cn1c(Nc2ccc(C(F)(F)F)cc2)nc2cc(Oc3cc(NC(=O)C4CC4)ncn3)ccc21. The zero-order valence-corrected chi connectivity index (χ0v) is 17.9. The Morgan fingerprint density at radius 3 is 2.56 bits per heavy atom. The third-order valence-corrected chi connectivity index (χ3v) is 5.38. The maximum Gasteiger partial charge on any atom is 0.416 e. The number of nitrogens with zero attached hydrogens (tertiary/aromatic N) is 4. The number of nitrogens with one attached hydrogen (secondary N) is 2. The van der Waals surface area contributed by atoms with Gasteiger partial charge in [0.05, 0.1) is 16.6 Å². The number of fused-ring (bicyclic) bond motifs is 1. The lowest BCUT2D eigenvalue weighted by molar-refractivity contribution is -0.137. The smallest absolute Gasteiger partial charge is 0.416 e. The highest BCUT2D eigenvalue weighted by molar-refractivity contribution is 5.93. The Hall–Kier alpha value is -4.15. The Morgan fingerprint density at radius 2 is 1.85 bits per heavy atom. The summed E-state index contributed by atoms with van der Waals surface area (Å²) in [6, 6.07) is 11.6. The molecule has 2 aromatic heterocycles. The molecule has 8 nitrogen and oxygen atoms in total. The molecule has 2 N–H and O–H groups in total. The number of ether oxygens (including phenoxy) is 1. The van der Waals surface area contributed by atoms with Gasteiger partial charge in [-0.2, -0.15) is 13.2 Å². The maximum absolute atomic E-state index is 12.8. The fourth-order valence-corrected chi connectivity index (χ4v) is 3.38. The van der Waals surface area contributed by atoms with Crippen LogP contribution in [0.15, 0.2) is 54.9 Å². The number of carbonyl (C=O) groups excluding carboxylic acids is 1. The molecule has 0 radical (unpaired) electrons. The molecule has 1 aliphatic carbocycles. The van der Waals surface area contributed by atoms with Gasteiger partial charge in [-0.05, 0) is 49.2 Å². The Morgan fingerprint density at radius 1 is 1.09 bits per heavy atom. The molecule has 11 heteroatoms. The fraction of sp³-hybridized carbons (Fsp3) is 0.217. The van der Waals surface area contributed by atoms with Crippen LogP contribution in [0.25, 0.3) is 11.0 Å². The molecule has 4 aromatic rings. The van der Waals surface area contributed by atoms with Gasteiger partial charge >= 0.3 is 6.18 Å². The number of imidazole rings is 1. The van der Waals surface area contributed by atoms with E-state index in [0.717, 1.165) is 30.5 Å². The van der Waals surface area contributed by atoms with E-state index in [0.29, 0.717) is 28.7 Å². The zero-order chi connectivity index (χ0) is 23.9. The summed E-state index contributed by atoms with van der Waals surface area (Å²) < 4.78 is 45.9. The molecule has 34 heavy (non-hydrogen) atoms. The summed E-state index contributed by atoms with van der Waals surface area (Å²) in [7, 11) is 1.79. The van der Waals surface area contributed by atoms with Crippen molar-refractivity contribution >= 4 is 34.4 Å². The first-order valence-electron chi connectivity index (χ1n) is 10.5. The van der Waals surface area contributed by atoms with Crippen LogP contribution in [0, 0.1) is 5.92 Å². The lowest BCUT2D eigenvalue weighted by atomic mass is 10.2. The molecule has 1 aliphatic rings. The van der Waals surface area contributed by atoms with Crippen molar-refractivity contribution in [2.45, 2.75) is 19.0 Å². The van der Waals surface area contributed by atoms with Crippen LogP contribution < -0.4 is 15.4 Å². The molecule has 174 valence electrons. The summed E-state index contributed by atoms with van der Waals surface area (Å²) >= 11 is 0. The monoisotopic (exact) mass is 468 g/mol. The largest absolute Gasteiger partial charge is 0.439 e. The molecule has 2 aromatic carbocycles. The van der Waals surface area contributed by atoms with E-state index in [1.165, 1.54) is 18.5 Å². The Balaban J connectivity index is 1.33. The van der Waals surface area contributed by atoms with E-state index in [1.54, 1.807) is 29.8 Å². The van der Waals surface area contributed by atoms with Crippen LogP contribution in [0.4, 0.5) is 30.6 Å². The second kappa shape index (κ2) is 8.32. The minimum Gasteiger partial charge on any atom is -0.439 e. The summed E-state index contributed by atoms with van der Waals surface area (Å²) in [5.74, 6) is 1.55. The molecule has 1 fully saturated rings. The molecule has 5 rings (SSSR count).